The lowest BCUT2D eigenvalue weighted by Crippen LogP contribution is -2.34. The van der Waals surface area contributed by atoms with Crippen molar-refractivity contribution in [2.24, 2.45) is 0 Å². The van der Waals surface area contributed by atoms with Gasteiger partial charge in [0.05, 0.1) is 12.2 Å². The lowest BCUT2D eigenvalue weighted by molar-refractivity contribution is 0.0946. The van der Waals surface area contributed by atoms with Crippen LogP contribution in [-0.2, 0) is 6.54 Å². The Morgan fingerprint density at radius 2 is 2.04 bits per heavy atom. The van der Waals surface area contributed by atoms with Gasteiger partial charge in [-0.05, 0) is 37.8 Å². The number of aromatic nitrogens is 3. The zero-order valence-electron chi connectivity index (χ0n) is 14.4. The van der Waals surface area contributed by atoms with Crippen LogP contribution < -0.4 is 5.32 Å². The molecule has 1 aliphatic carbocycles. The first-order chi connectivity index (χ1) is 12.6. The van der Waals surface area contributed by atoms with Gasteiger partial charge in [-0.1, -0.05) is 22.9 Å². The van der Waals surface area contributed by atoms with Crippen molar-refractivity contribution in [1.29, 1.82) is 0 Å². The molecule has 1 N–H and O–H groups in total. The fourth-order valence-electron chi connectivity index (χ4n) is 3.30. The van der Waals surface area contributed by atoms with Crippen LogP contribution in [0.2, 0.25) is 5.02 Å². The van der Waals surface area contributed by atoms with Crippen LogP contribution in [0.1, 0.15) is 47.8 Å². The molecule has 1 aromatic carbocycles. The lowest BCUT2D eigenvalue weighted by atomic mass is 10.0. The normalized spacial score (nSPS) is 18.8. The number of nitrogens with zero attached hydrogens (tertiary/aromatic N) is 4. The van der Waals surface area contributed by atoms with Gasteiger partial charge in [-0.3, -0.25) is 9.69 Å². The Kier molecular flexibility index (Phi) is 4.91. The van der Waals surface area contributed by atoms with Gasteiger partial charge in [-0.2, -0.15) is 0 Å². The molecule has 0 radical (unpaired) electrons. The number of benzene rings is 1. The van der Waals surface area contributed by atoms with E-state index in [9.17, 15) is 9.18 Å². The van der Waals surface area contributed by atoms with E-state index in [2.05, 4.69) is 20.5 Å². The van der Waals surface area contributed by atoms with E-state index in [-0.39, 0.29) is 17.8 Å². The third-order valence-corrected chi connectivity index (χ3v) is 5.38. The molecular formula is C18H21ClFN5O. The lowest BCUT2D eigenvalue weighted by Gasteiger charge is -2.32. The summed E-state index contributed by atoms with van der Waals surface area (Å²) in [7, 11) is 0. The second kappa shape index (κ2) is 7.32. The number of carbonyl (C=O) groups excluding carboxylic acids is 1. The summed E-state index contributed by atoms with van der Waals surface area (Å²) in [5.41, 5.74) is 0.921. The molecule has 0 bridgehead atoms. The predicted octanol–water partition coefficient (Wildman–Crippen LogP) is 2.80. The molecular weight excluding hydrogens is 357 g/mol. The Morgan fingerprint density at radius 1 is 1.27 bits per heavy atom. The molecule has 2 heterocycles. The zero-order valence-corrected chi connectivity index (χ0v) is 15.1. The van der Waals surface area contributed by atoms with Crippen molar-refractivity contribution in [2.75, 3.05) is 13.1 Å². The summed E-state index contributed by atoms with van der Waals surface area (Å²) in [5.74, 6) is -0.410. The van der Waals surface area contributed by atoms with Crippen LogP contribution in [0.5, 0.6) is 0 Å². The van der Waals surface area contributed by atoms with E-state index in [4.69, 9.17) is 11.6 Å². The molecule has 1 saturated heterocycles. The maximum Gasteiger partial charge on any atom is 0.273 e. The van der Waals surface area contributed by atoms with E-state index in [0.29, 0.717) is 28.9 Å². The maximum absolute atomic E-state index is 13.9. The molecule has 4 rings (SSSR count). The van der Waals surface area contributed by atoms with Gasteiger partial charge in [0.1, 0.15) is 5.82 Å². The summed E-state index contributed by atoms with van der Waals surface area (Å²) >= 11 is 6.12. The molecule has 1 aliphatic heterocycles. The van der Waals surface area contributed by atoms with Crippen molar-refractivity contribution in [1.82, 2.24) is 25.2 Å². The number of piperidine rings is 1. The Hall–Kier alpha value is -1.99. The molecule has 8 heteroatoms. The number of hydrogen-bond acceptors (Lipinski definition) is 4. The quantitative estimate of drug-likeness (QED) is 0.870. The van der Waals surface area contributed by atoms with Crippen LogP contribution in [0.25, 0.3) is 0 Å². The molecule has 2 aromatic rings. The van der Waals surface area contributed by atoms with Gasteiger partial charge in [0.25, 0.3) is 5.91 Å². The number of likely N-dealkylation sites (tertiary alicyclic amines) is 1. The first-order valence-corrected chi connectivity index (χ1v) is 9.36. The molecule has 26 heavy (non-hydrogen) atoms. The standard InChI is InChI=1S/C18H21ClFN5O/c19-15-2-1-3-16(20)14(15)10-24-8-6-13(7-9-24)25-11-17(22-23-25)18(26)21-12-4-5-12/h1-3,11-13H,4-10H2,(H,21,26). The van der Waals surface area contributed by atoms with Crippen molar-refractivity contribution in [3.63, 3.8) is 0 Å². The van der Waals surface area contributed by atoms with Gasteiger partial charge in [0.15, 0.2) is 5.69 Å². The largest absolute Gasteiger partial charge is 0.348 e. The Balaban J connectivity index is 1.33. The highest BCUT2D eigenvalue weighted by Crippen LogP contribution is 2.26. The van der Waals surface area contributed by atoms with Gasteiger partial charge < -0.3 is 5.32 Å². The number of amides is 1. The van der Waals surface area contributed by atoms with Crippen molar-refractivity contribution in [3.8, 4) is 0 Å². The first-order valence-electron chi connectivity index (χ1n) is 8.98. The Bertz CT molecular complexity index is 778. The van der Waals surface area contributed by atoms with Crippen molar-refractivity contribution >= 4 is 17.5 Å². The monoisotopic (exact) mass is 377 g/mol. The van der Waals surface area contributed by atoms with Crippen LogP contribution in [-0.4, -0.2) is 44.9 Å². The molecule has 0 unspecified atom stereocenters. The SMILES string of the molecule is O=C(NC1CC1)c1cn(C2CCN(Cc3c(F)cccc3Cl)CC2)nn1. The van der Waals surface area contributed by atoms with Gasteiger partial charge >= 0.3 is 0 Å². The van der Waals surface area contributed by atoms with Crippen LogP contribution in [0, 0.1) is 5.82 Å². The van der Waals surface area contributed by atoms with Crippen LogP contribution in [0.4, 0.5) is 4.39 Å². The van der Waals surface area contributed by atoms with E-state index < -0.39 is 0 Å². The second-order valence-electron chi connectivity index (χ2n) is 7.04. The minimum Gasteiger partial charge on any atom is -0.348 e. The molecule has 1 amide bonds. The van der Waals surface area contributed by atoms with E-state index in [1.165, 1.54) is 6.07 Å². The summed E-state index contributed by atoms with van der Waals surface area (Å²) in [4.78, 5) is 14.2. The minimum absolute atomic E-state index is 0.148. The highest BCUT2D eigenvalue weighted by Gasteiger charge is 2.27. The van der Waals surface area contributed by atoms with E-state index >= 15 is 0 Å². The van der Waals surface area contributed by atoms with E-state index in [1.807, 2.05) is 0 Å². The van der Waals surface area contributed by atoms with Crippen molar-refractivity contribution in [3.05, 3.63) is 46.5 Å². The predicted molar refractivity (Wildman–Crippen MR) is 95.5 cm³/mol. The van der Waals surface area contributed by atoms with Gasteiger partial charge in [-0.15, -0.1) is 5.10 Å². The third-order valence-electron chi connectivity index (χ3n) is 5.03. The summed E-state index contributed by atoms with van der Waals surface area (Å²) in [5, 5.41) is 11.5. The van der Waals surface area contributed by atoms with E-state index in [1.54, 1.807) is 23.0 Å². The summed E-state index contributed by atoms with van der Waals surface area (Å²) in [6.07, 6.45) is 5.57. The van der Waals surface area contributed by atoms with E-state index in [0.717, 1.165) is 38.8 Å². The van der Waals surface area contributed by atoms with Gasteiger partial charge in [0.2, 0.25) is 0 Å². The number of hydrogen-bond donors (Lipinski definition) is 1. The summed E-state index contributed by atoms with van der Waals surface area (Å²) < 4.78 is 15.7. The molecule has 2 fully saturated rings. The number of rotatable bonds is 5. The van der Waals surface area contributed by atoms with Crippen molar-refractivity contribution in [2.45, 2.75) is 44.3 Å². The average Bonchev–Trinajstić information content (AvgIpc) is 3.31. The van der Waals surface area contributed by atoms with Gasteiger partial charge in [-0.25, -0.2) is 9.07 Å². The van der Waals surface area contributed by atoms with Crippen molar-refractivity contribution < 1.29 is 9.18 Å². The highest BCUT2D eigenvalue weighted by molar-refractivity contribution is 6.31. The molecule has 138 valence electrons. The first kappa shape index (κ1) is 17.4. The molecule has 6 nitrogen and oxygen atoms in total. The number of halogens is 2. The topological polar surface area (TPSA) is 63.1 Å². The van der Waals surface area contributed by atoms with Crippen LogP contribution in [0.3, 0.4) is 0 Å². The minimum atomic E-state index is -0.262. The smallest absolute Gasteiger partial charge is 0.273 e. The summed E-state index contributed by atoms with van der Waals surface area (Å²) in [6, 6.07) is 5.29. The second-order valence-corrected chi connectivity index (χ2v) is 7.45. The average molecular weight is 378 g/mol. The maximum atomic E-state index is 13.9. The molecule has 0 spiro atoms. The third kappa shape index (κ3) is 3.88. The zero-order chi connectivity index (χ0) is 18.1. The van der Waals surface area contributed by atoms with Gasteiger partial charge in [0, 0.05) is 36.3 Å². The molecule has 1 saturated carbocycles. The highest BCUT2D eigenvalue weighted by atomic mass is 35.5. The fraction of sp³-hybridized carbons (Fsp3) is 0.500. The Labute approximate surface area is 156 Å². The van der Waals surface area contributed by atoms with Crippen LogP contribution in [0.15, 0.2) is 24.4 Å². The summed E-state index contributed by atoms with van der Waals surface area (Å²) in [6.45, 7) is 2.14. The number of nitrogens with one attached hydrogen (secondary N) is 1. The molecule has 0 atom stereocenters. The number of carbonyl (C=O) groups is 1. The molecule has 2 aliphatic rings. The Morgan fingerprint density at radius 3 is 2.73 bits per heavy atom. The fourth-order valence-corrected chi connectivity index (χ4v) is 3.52. The van der Waals surface area contributed by atoms with Crippen LogP contribution >= 0.6 is 11.6 Å². The molecule has 1 aromatic heterocycles.